The van der Waals surface area contributed by atoms with E-state index in [1.807, 2.05) is 6.07 Å². The van der Waals surface area contributed by atoms with Crippen molar-refractivity contribution in [3.8, 4) is 0 Å². The molecule has 0 fully saturated rings. The van der Waals surface area contributed by atoms with Crippen LogP contribution in [0.3, 0.4) is 0 Å². The van der Waals surface area contributed by atoms with Crippen molar-refractivity contribution in [2.24, 2.45) is 5.73 Å². The molecule has 0 atom stereocenters. The van der Waals surface area contributed by atoms with Crippen LogP contribution in [0.1, 0.15) is 12.5 Å². The predicted octanol–water partition coefficient (Wildman–Crippen LogP) is 1.19. The number of nitrogens with zero attached hydrogens (tertiary/aromatic N) is 2. The fraction of sp³-hybridized carbons (Fsp3) is 0.455. The molecule has 0 saturated carbocycles. The summed E-state index contributed by atoms with van der Waals surface area (Å²) in [5.41, 5.74) is 7.51. The van der Waals surface area contributed by atoms with Crippen molar-refractivity contribution >= 4 is 22.9 Å². The third kappa shape index (κ3) is 3.15. The topological polar surface area (TPSA) is 51.4 Å². The van der Waals surface area contributed by atoms with E-state index in [-0.39, 0.29) is 0 Å². The summed E-state index contributed by atoms with van der Waals surface area (Å²) in [6.07, 6.45) is 3.48. The van der Waals surface area contributed by atoms with Gasteiger partial charge in [-0.3, -0.25) is 4.98 Å². The molecule has 0 bridgehead atoms. The summed E-state index contributed by atoms with van der Waals surface area (Å²) >= 11 is 5.02. The number of aromatic nitrogens is 1. The molecule has 1 aromatic rings. The van der Waals surface area contributed by atoms with Gasteiger partial charge < -0.3 is 15.4 Å². The van der Waals surface area contributed by atoms with Crippen molar-refractivity contribution in [2.45, 2.75) is 6.92 Å². The first-order valence-electron chi connectivity index (χ1n) is 5.18. The van der Waals surface area contributed by atoms with Gasteiger partial charge in [0.2, 0.25) is 0 Å². The molecule has 0 aliphatic heterocycles. The number of ether oxygens (including phenoxy) is 1. The second-order valence-corrected chi connectivity index (χ2v) is 3.77. The molecule has 0 amide bonds. The number of hydrogen-bond donors (Lipinski definition) is 1. The van der Waals surface area contributed by atoms with E-state index in [9.17, 15) is 0 Å². The Bertz CT molecular complexity index is 357. The van der Waals surface area contributed by atoms with E-state index in [1.165, 1.54) is 0 Å². The zero-order valence-electron chi connectivity index (χ0n) is 9.64. The Morgan fingerprint density at radius 1 is 1.62 bits per heavy atom. The number of hydrogen-bond acceptors (Lipinski definition) is 4. The highest BCUT2D eigenvalue weighted by Crippen LogP contribution is 2.18. The number of nitrogens with two attached hydrogens (primary N) is 1. The summed E-state index contributed by atoms with van der Waals surface area (Å²) in [6.45, 7) is 4.41. The number of methoxy groups -OCH3 is 1. The molecule has 4 nitrogen and oxygen atoms in total. The summed E-state index contributed by atoms with van der Waals surface area (Å²) in [4.78, 5) is 6.65. The molecule has 0 aliphatic carbocycles. The molecule has 2 N–H and O–H groups in total. The minimum Gasteiger partial charge on any atom is -0.389 e. The lowest BCUT2D eigenvalue weighted by Gasteiger charge is -2.24. The van der Waals surface area contributed by atoms with Crippen molar-refractivity contribution in [2.75, 3.05) is 31.7 Å². The molecule has 5 heteroatoms. The van der Waals surface area contributed by atoms with Crippen LogP contribution in [0.25, 0.3) is 0 Å². The summed E-state index contributed by atoms with van der Waals surface area (Å²) in [6, 6.07) is 1.84. The highest BCUT2D eigenvalue weighted by atomic mass is 32.1. The van der Waals surface area contributed by atoms with E-state index < -0.39 is 0 Å². The second-order valence-electron chi connectivity index (χ2n) is 3.33. The number of likely N-dealkylation sites (N-methyl/N-ethyl adjacent to an activating group) is 1. The average Bonchev–Trinajstić information content (AvgIpc) is 2.30. The van der Waals surface area contributed by atoms with Gasteiger partial charge in [-0.25, -0.2) is 0 Å². The molecule has 1 aromatic heterocycles. The quantitative estimate of drug-likeness (QED) is 0.756. The van der Waals surface area contributed by atoms with E-state index >= 15 is 0 Å². The van der Waals surface area contributed by atoms with Crippen LogP contribution in [0.15, 0.2) is 18.5 Å². The first-order chi connectivity index (χ1) is 7.70. The molecule has 1 rings (SSSR count). The minimum atomic E-state index is 0.397. The van der Waals surface area contributed by atoms with E-state index in [0.717, 1.165) is 24.3 Å². The predicted molar refractivity (Wildman–Crippen MR) is 69.9 cm³/mol. The standard InChI is InChI=1S/C11H17N3OS/c1-3-14(6-7-15-2)10-8-13-5-4-9(10)11(12)16/h4-5,8H,3,6-7H2,1-2H3,(H2,12,16). The fourth-order valence-corrected chi connectivity index (χ4v) is 1.67. The van der Waals surface area contributed by atoms with Gasteiger partial charge in [0, 0.05) is 32.0 Å². The van der Waals surface area contributed by atoms with Crippen LogP contribution >= 0.6 is 12.2 Å². The van der Waals surface area contributed by atoms with E-state index in [1.54, 1.807) is 19.5 Å². The van der Waals surface area contributed by atoms with Crippen LogP contribution in [0.4, 0.5) is 5.69 Å². The maximum Gasteiger partial charge on any atom is 0.106 e. The third-order valence-corrected chi connectivity index (χ3v) is 2.57. The lowest BCUT2D eigenvalue weighted by molar-refractivity contribution is 0.205. The Morgan fingerprint density at radius 3 is 2.94 bits per heavy atom. The van der Waals surface area contributed by atoms with Crippen molar-refractivity contribution in [3.63, 3.8) is 0 Å². The second kappa shape index (κ2) is 6.40. The molecule has 16 heavy (non-hydrogen) atoms. The Labute approximate surface area is 101 Å². The Hall–Kier alpha value is -1.20. The molecular formula is C11H17N3OS. The first-order valence-corrected chi connectivity index (χ1v) is 5.59. The summed E-state index contributed by atoms with van der Waals surface area (Å²) < 4.78 is 5.07. The molecule has 0 aliphatic rings. The number of anilines is 1. The zero-order valence-corrected chi connectivity index (χ0v) is 10.5. The van der Waals surface area contributed by atoms with Crippen molar-refractivity contribution in [3.05, 3.63) is 24.0 Å². The molecule has 1 heterocycles. The van der Waals surface area contributed by atoms with Crippen LogP contribution in [0.5, 0.6) is 0 Å². The molecule has 0 saturated heterocycles. The lowest BCUT2D eigenvalue weighted by Crippen LogP contribution is -2.29. The Morgan fingerprint density at radius 2 is 2.38 bits per heavy atom. The van der Waals surface area contributed by atoms with Crippen LogP contribution in [0.2, 0.25) is 0 Å². The Kier molecular flexibility index (Phi) is 5.14. The van der Waals surface area contributed by atoms with Gasteiger partial charge in [-0.1, -0.05) is 12.2 Å². The average molecular weight is 239 g/mol. The van der Waals surface area contributed by atoms with E-state index in [0.29, 0.717) is 11.6 Å². The van der Waals surface area contributed by atoms with Crippen LogP contribution in [0, 0.1) is 0 Å². The molecular weight excluding hydrogens is 222 g/mol. The van der Waals surface area contributed by atoms with Gasteiger partial charge in [0.25, 0.3) is 0 Å². The third-order valence-electron chi connectivity index (χ3n) is 2.35. The highest BCUT2D eigenvalue weighted by Gasteiger charge is 2.11. The smallest absolute Gasteiger partial charge is 0.106 e. The molecule has 0 radical (unpaired) electrons. The maximum absolute atomic E-state index is 5.68. The summed E-state index contributed by atoms with van der Waals surface area (Å²) in [5, 5.41) is 0. The first kappa shape index (κ1) is 12.9. The molecule has 88 valence electrons. The minimum absolute atomic E-state index is 0.397. The van der Waals surface area contributed by atoms with Crippen LogP contribution < -0.4 is 10.6 Å². The van der Waals surface area contributed by atoms with E-state index in [4.69, 9.17) is 22.7 Å². The van der Waals surface area contributed by atoms with Gasteiger partial charge in [0.1, 0.15) is 4.99 Å². The SMILES string of the molecule is CCN(CCOC)c1cnccc1C(N)=S. The maximum atomic E-state index is 5.68. The van der Waals surface area contributed by atoms with Gasteiger partial charge in [-0.15, -0.1) is 0 Å². The summed E-state index contributed by atoms with van der Waals surface area (Å²) in [5.74, 6) is 0. The molecule has 0 unspecified atom stereocenters. The van der Waals surface area contributed by atoms with E-state index in [2.05, 4.69) is 16.8 Å². The molecule has 0 spiro atoms. The monoisotopic (exact) mass is 239 g/mol. The number of rotatable bonds is 6. The van der Waals surface area contributed by atoms with Crippen molar-refractivity contribution < 1.29 is 4.74 Å². The van der Waals surface area contributed by atoms with Crippen LogP contribution in [-0.4, -0.2) is 36.8 Å². The van der Waals surface area contributed by atoms with Gasteiger partial charge in [0.05, 0.1) is 18.5 Å². The number of pyridine rings is 1. The van der Waals surface area contributed by atoms with Crippen molar-refractivity contribution in [1.29, 1.82) is 0 Å². The zero-order chi connectivity index (χ0) is 12.0. The Balaban J connectivity index is 2.94. The fourth-order valence-electron chi connectivity index (χ4n) is 1.50. The van der Waals surface area contributed by atoms with Gasteiger partial charge in [-0.05, 0) is 13.0 Å². The normalized spacial score (nSPS) is 10.1. The molecule has 0 aromatic carbocycles. The summed E-state index contributed by atoms with van der Waals surface area (Å²) in [7, 11) is 1.69. The van der Waals surface area contributed by atoms with Crippen LogP contribution in [-0.2, 0) is 4.74 Å². The van der Waals surface area contributed by atoms with Gasteiger partial charge in [-0.2, -0.15) is 0 Å². The number of thiocarbonyl (C=S) groups is 1. The largest absolute Gasteiger partial charge is 0.389 e. The van der Waals surface area contributed by atoms with Crippen molar-refractivity contribution in [1.82, 2.24) is 4.98 Å². The lowest BCUT2D eigenvalue weighted by atomic mass is 10.2. The highest BCUT2D eigenvalue weighted by molar-refractivity contribution is 7.80. The van der Waals surface area contributed by atoms with Gasteiger partial charge in [0.15, 0.2) is 0 Å². The van der Waals surface area contributed by atoms with Gasteiger partial charge >= 0.3 is 0 Å².